The first kappa shape index (κ1) is 35.7. The normalized spacial score (nSPS) is 14.2. The quantitative estimate of drug-likeness (QED) is 0.164. The van der Waals surface area contributed by atoms with Gasteiger partial charge in [-0.25, -0.2) is 0 Å². The molecule has 0 atom stereocenters. The van der Waals surface area contributed by atoms with Gasteiger partial charge in [0.25, 0.3) is 0 Å². The molecule has 2 aliphatic carbocycles. The second kappa shape index (κ2) is 13.1. The van der Waals surface area contributed by atoms with Crippen molar-refractivity contribution in [2.24, 2.45) is 0 Å². The van der Waals surface area contributed by atoms with E-state index < -0.39 is 0 Å². The molecule has 10 aromatic rings. The molecule has 0 aliphatic heterocycles. The summed E-state index contributed by atoms with van der Waals surface area (Å²) >= 11 is 0. The van der Waals surface area contributed by atoms with Crippen molar-refractivity contribution in [2.45, 2.75) is 38.5 Å². The fourth-order valence-electron chi connectivity index (χ4n) is 11.0. The lowest BCUT2D eigenvalue weighted by molar-refractivity contribution is 0.660. The molecule has 0 fully saturated rings. The zero-order valence-corrected chi connectivity index (χ0v) is 35.0. The molecular weight excluding hydrogens is 735 g/mol. The van der Waals surface area contributed by atoms with Crippen LogP contribution in [0.1, 0.15) is 49.9 Å². The lowest BCUT2D eigenvalue weighted by Gasteiger charge is -2.24. The van der Waals surface area contributed by atoms with Gasteiger partial charge < -0.3 is 4.57 Å². The highest BCUT2D eigenvalue weighted by molar-refractivity contribution is 6.22. The average molecular weight is 780 g/mol. The van der Waals surface area contributed by atoms with Gasteiger partial charge in [0.1, 0.15) is 0 Å². The fourth-order valence-corrected chi connectivity index (χ4v) is 11.0. The number of aromatic nitrogens is 1. The Labute approximate surface area is 358 Å². The third kappa shape index (κ3) is 5.20. The maximum atomic E-state index is 2.52. The van der Waals surface area contributed by atoms with Crippen LogP contribution in [0.2, 0.25) is 0 Å². The monoisotopic (exact) mass is 779 g/mol. The van der Waals surface area contributed by atoms with Crippen molar-refractivity contribution < 1.29 is 0 Å². The van der Waals surface area contributed by atoms with Crippen LogP contribution in [0.15, 0.2) is 200 Å². The Bertz CT molecular complexity index is 3380. The van der Waals surface area contributed by atoms with Crippen LogP contribution in [0.3, 0.4) is 0 Å². The molecule has 1 aromatic heterocycles. The van der Waals surface area contributed by atoms with Crippen LogP contribution in [0, 0.1) is 0 Å². The predicted octanol–water partition coefficient (Wildman–Crippen LogP) is 16.1. The summed E-state index contributed by atoms with van der Waals surface area (Å²) in [6.07, 6.45) is 0. The Kier molecular flexibility index (Phi) is 7.69. The van der Waals surface area contributed by atoms with Crippen molar-refractivity contribution in [2.75, 3.05) is 0 Å². The maximum absolute atomic E-state index is 2.52. The van der Waals surface area contributed by atoms with Crippen molar-refractivity contribution in [3.63, 3.8) is 0 Å². The van der Waals surface area contributed by atoms with Crippen molar-refractivity contribution in [3.05, 3.63) is 222 Å². The standard InChI is InChI=1S/C60H45N/c1-59(2)50-26-16-14-24-44(50)46-31-28-41(35-52(46)59)48-37-55-58(49-34-40(38-18-8-5-9-19-38)30-33-54(49)61(55)43-22-12-7-13-23-43)57(56(48)39-20-10-6-11-21-39)42-29-32-47-45-25-15-17-27-51(45)60(3,4)53(47)36-42/h5-37H,1-4H3. The van der Waals surface area contributed by atoms with Crippen molar-refractivity contribution in [1.82, 2.24) is 4.57 Å². The highest BCUT2D eigenvalue weighted by Gasteiger charge is 2.37. The van der Waals surface area contributed by atoms with E-state index in [9.17, 15) is 0 Å². The van der Waals surface area contributed by atoms with Gasteiger partial charge in [0.2, 0.25) is 0 Å². The minimum absolute atomic E-state index is 0.130. The number of hydrogen-bond acceptors (Lipinski definition) is 0. The summed E-state index contributed by atoms with van der Waals surface area (Å²) in [6, 6.07) is 75.0. The Morgan fingerprint density at radius 2 is 0.803 bits per heavy atom. The molecule has 61 heavy (non-hydrogen) atoms. The van der Waals surface area contributed by atoms with Crippen LogP contribution in [0.4, 0.5) is 0 Å². The van der Waals surface area contributed by atoms with E-state index in [0.29, 0.717) is 0 Å². The zero-order valence-electron chi connectivity index (χ0n) is 35.0. The molecule has 0 saturated carbocycles. The smallest absolute Gasteiger partial charge is 0.0553 e. The van der Waals surface area contributed by atoms with Crippen molar-refractivity contribution >= 4 is 21.8 Å². The average Bonchev–Trinajstić information content (AvgIpc) is 3.85. The number of fused-ring (bicyclic) bond motifs is 9. The summed E-state index contributed by atoms with van der Waals surface area (Å²) in [5.74, 6) is 0. The molecule has 0 bridgehead atoms. The molecule has 1 nitrogen and oxygen atoms in total. The lowest BCUT2D eigenvalue weighted by atomic mass is 9.79. The lowest BCUT2D eigenvalue weighted by Crippen LogP contribution is -2.15. The molecule has 1 heterocycles. The van der Waals surface area contributed by atoms with E-state index in [1.807, 2.05) is 0 Å². The van der Waals surface area contributed by atoms with Gasteiger partial charge in [0.05, 0.1) is 11.0 Å². The van der Waals surface area contributed by atoms with Crippen molar-refractivity contribution in [1.29, 1.82) is 0 Å². The highest BCUT2D eigenvalue weighted by Crippen LogP contribution is 2.55. The van der Waals surface area contributed by atoms with Crippen molar-refractivity contribution in [3.8, 4) is 72.4 Å². The van der Waals surface area contributed by atoms with Gasteiger partial charge in [0, 0.05) is 32.9 Å². The van der Waals surface area contributed by atoms with E-state index in [1.165, 1.54) is 111 Å². The first-order valence-corrected chi connectivity index (χ1v) is 21.6. The molecule has 0 radical (unpaired) electrons. The second-order valence-corrected chi connectivity index (χ2v) is 18.1. The SMILES string of the molecule is CC1(C)c2ccccc2-c2ccc(-c3cc4c(c(-c5ccc6c(c5)C(C)(C)c5ccccc5-6)c3-c3ccccc3)c3cc(-c5ccccc5)ccc3n4-c3ccccc3)cc21. The van der Waals surface area contributed by atoms with Crippen LogP contribution in [0.25, 0.3) is 94.3 Å². The van der Waals surface area contributed by atoms with Gasteiger partial charge in [-0.1, -0.05) is 185 Å². The van der Waals surface area contributed by atoms with Gasteiger partial charge >= 0.3 is 0 Å². The molecule has 9 aromatic carbocycles. The highest BCUT2D eigenvalue weighted by atomic mass is 15.0. The molecule has 290 valence electrons. The summed E-state index contributed by atoms with van der Waals surface area (Å²) in [5, 5.41) is 2.51. The largest absolute Gasteiger partial charge is 0.309 e. The van der Waals surface area contributed by atoms with E-state index in [2.05, 4.69) is 232 Å². The maximum Gasteiger partial charge on any atom is 0.0553 e. The first-order chi connectivity index (χ1) is 29.8. The van der Waals surface area contributed by atoms with Crippen LogP contribution in [-0.4, -0.2) is 4.57 Å². The van der Waals surface area contributed by atoms with E-state index in [1.54, 1.807) is 0 Å². The second-order valence-electron chi connectivity index (χ2n) is 18.1. The third-order valence-electron chi connectivity index (χ3n) is 14.0. The molecule has 0 unspecified atom stereocenters. The van der Waals surface area contributed by atoms with Gasteiger partial charge in [-0.2, -0.15) is 0 Å². The summed E-state index contributed by atoms with van der Waals surface area (Å²) in [4.78, 5) is 0. The number of rotatable bonds is 5. The zero-order chi connectivity index (χ0) is 41.0. The van der Waals surface area contributed by atoms with Crippen LogP contribution < -0.4 is 0 Å². The van der Waals surface area contributed by atoms with Crippen LogP contribution in [0.5, 0.6) is 0 Å². The number of nitrogens with zero attached hydrogens (tertiary/aromatic N) is 1. The van der Waals surface area contributed by atoms with Crippen LogP contribution >= 0.6 is 0 Å². The fraction of sp³-hybridized carbons (Fsp3) is 0.100. The first-order valence-electron chi connectivity index (χ1n) is 21.6. The summed E-state index contributed by atoms with van der Waals surface area (Å²) in [5.41, 5.74) is 24.0. The van der Waals surface area contributed by atoms with E-state index in [-0.39, 0.29) is 10.8 Å². The summed E-state index contributed by atoms with van der Waals surface area (Å²) in [6.45, 7) is 9.55. The number of para-hydroxylation sites is 1. The van der Waals surface area contributed by atoms with Gasteiger partial charge in [-0.15, -0.1) is 0 Å². The summed E-state index contributed by atoms with van der Waals surface area (Å²) < 4.78 is 2.50. The number of benzene rings is 9. The van der Waals surface area contributed by atoms with Gasteiger partial charge in [-0.3, -0.25) is 0 Å². The molecule has 2 aliphatic rings. The number of hydrogen-bond donors (Lipinski definition) is 0. The van der Waals surface area contributed by atoms with Crippen LogP contribution in [-0.2, 0) is 10.8 Å². The van der Waals surface area contributed by atoms with E-state index in [4.69, 9.17) is 0 Å². The minimum atomic E-state index is -0.148. The molecular formula is C60H45N. The minimum Gasteiger partial charge on any atom is -0.309 e. The Morgan fingerprint density at radius 3 is 1.43 bits per heavy atom. The molecule has 12 rings (SSSR count). The third-order valence-corrected chi connectivity index (χ3v) is 14.0. The Balaban J connectivity index is 1.25. The summed E-state index contributed by atoms with van der Waals surface area (Å²) in [7, 11) is 0. The molecule has 0 saturated heterocycles. The molecule has 0 N–H and O–H groups in total. The van der Waals surface area contributed by atoms with Gasteiger partial charge in [0.15, 0.2) is 0 Å². The van der Waals surface area contributed by atoms with E-state index >= 15 is 0 Å². The molecule has 1 heteroatoms. The van der Waals surface area contributed by atoms with E-state index in [0.717, 1.165) is 5.69 Å². The van der Waals surface area contributed by atoms with Gasteiger partial charge in [-0.05, 0) is 126 Å². The Hall–Kier alpha value is -7.22. The Morgan fingerprint density at radius 1 is 0.311 bits per heavy atom. The predicted molar refractivity (Wildman–Crippen MR) is 258 cm³/mol. The topological polar surface area (TPSA) is 4.93 Å². The molecule has 0 amide bonds. The molecule has 0 spiro atoms.